The maximum Gasteiger partial charge on any atom is 0.336 e. The Balaban J connectivity index is 1.64. The largest absolute Gasteiger partial charge is 0.495 e. The number of ether oxygens (including phenoxy) is 2. The Labute approximate surface area is 147 Å². The van der Waals surface area contributed by atoms with Gasteiger partial charge >= 0.3 is 5.63 Å². The molecule has 0 saturated carbocycles. The maximum absolute atomic E-state index is 12.0. The highest BCUT2D eigenvalue weighted by molar-refractivity contribution is 6.32. The molecule has 0 fully saturated rings. The Morgan fingerprint density at radius 3 is 2.72 bits per heavy atom. The van der Waals surface area contributed by atoms with E-state index < -0.39 is 5.63 Å². The predicted molar refractivity (Wildman–Crippen MR) is 94.6 cm³/mol. The van der Waals surface area contributed by atoms with E-state index in [0.717, 1.165) is 5.39 Å². The number of benzene rings is 2. The first-order valence-corrected chi connectivity index (χ1v) is 7.73. The molecule has 1 amide bonds. The lowest BCUT2D eigenvalue weighted by atomic mass is 10.2. The summed E-state index contributed by atoms with van der Waals surface area (Å²) in [4.78, 5) is 23.2. The van der Waals surface area contributed by atoms with Crippen LogP contribution in [0.25, 0.3) is 11.0 Å². The number of carbonyl (C=O) groups is 1. The van der Waals surface area contributed by atoms with Crippen molar-refractivity contribution < 1.29 is 18.7 Å². The fourth-order valence-corrected chi connectivity index (χ4v) is 2.48. The number of hydrogen-bond donors (Lipinski definition) is 1. The van der Waals surface area contributed by atoms with Crippen LogP contribution < -0.4 is 20.4 Å². The average molecular weight is 360 g/mol. The Morgan fingerprint density at radius 1 is 1.16 bits per heavy atom. The minimum Gasteiger partial charge on any atom is -0.495 e. The third-order valence-electron chi connectivity index (χ3n) is 3.40. The van der Waals surface area contributed by atoms with Gasteiger partial charge in [-0.05, 0) is 36.4 Å². The van der Waals surface area contributed by atoms with Crippen LogP contribution in [-0.4, -0.2) is 19.6 Å². The molecule has 0 bridgehead atoms. The van der Waals surface area contributed by atoms with E-state index >= 15 is 0 Å². The van der Waals surface area contributed by atoms with E-state index in [4.69, 9.17) is 25.5 Å². The van der Waals surface area contributed by atoms with E-state index in [0.29, 0.717) is 27.8 Å². The van der Waals surface area contributed by atoms with E-state index in [-0.39, 0.29) is 12.5 Å². The smallest absolute Gasteiger partial charge is 0.336 e. The molecule has 2 aromatic carbocycles. The van der Waals surface area contributed by atoms with Crippen LogP contribution in [0.4, 0.5) is 5.69 Å². The van der Waals surface area contributed by atoms with Crippen molar-refractivity contribution in [2.75, 3.05) is 19.0 Å². The molecule has 0 radical (unpaired) electrons. The lowest BCUT2D eigenvalue weighted by molar-refractivity contribution is -0.118. The Morgan fingerprint density at radius 2 is 1.96 bits per heavy atom. The number of amides is 1. The predicted octanol–water partition coefficient (Wildman–Crippen LogP) is 3.47. The second kappa shape index (κ2) is 7.27. The van der Waals surface area contributed by atoms with Gasteiger partial charge in [-0.3, -0.25) is 4.79 Å². The second-order valence-electron chi connectivity index (χ2n) is 5.14. The molecule has 1 N–H and O–H groups in total. The molecule has 0 aliphatic heterocycles. The van der Waals surface area contributed by atoms with Gasteiger partial charge in [-0.1, -0.05) is 11.6 Å². The van der Waals surface area contributed by atoms with E-state index in [2.05, 4.69) is 5.32 Å². The fraction of sp³-hybridized carbons (Fsp3) is 0.111. The van der Waals surface area contributed by atoms with Gasteiger partial charge in [0.15, 0.2) is 6.61 Å². The van der Waals surface area contributed by atoms with Crippen LogP contribution in [0.2, 0.25) is 5.02 Å². The van der Waals surface area contributed by atoms with Crippen molar-refractivity contribution in [2.45, 2.75) is 0 Å². The molecular formula is C18H14ClNO5. The summed E-state index contributed by atoms with van der Waals surface area (Å²) in [5, 5.41) is 3.84. The standard InChI is InChI=1S/C18H14ClNO5/c1-23-15-6-4-12(8-14(15)19)20-17(21)10-24-13-5-2-11-3-7-18(22)25-16(11)9-13/h2-9H,10H2,1H3,(H,20,21). The summed E-state index contributed by atoms with van der Waals surface area (Å²) in [6.07, 6.45) is 0. The minimum atomic E-state index is -0.446. The first kappa shape index (κ1) is 16.9. The summed E-state index contributed by atoms with van der Waals surface area (Å²) in [6.45, 7) is -0.202. The number of fused-ring (bicyclic) bond motifs is 1. The molecule has 6 nitrogen and oxygen atoms in total. The molecule has 128 valence electrons. The molecule has 3 aromatic rings. The zero-order chi connectivity index (χ0) is 17.8. The third-order valence-corrected chi connectivity index (χ3v) is 3.70. The van der Waals surface area contributed by atoms with Crippen LogP contribution in [0.1, 0.15) is 0 Å². The summed E-state index contributed by atoms with van der Waals surface area (Å²) in [5.41, 5.74) is 0.482. The monoisotopic (exact) mass is 359 g/mol. The average Bonchev–Trinajstić information content (AvgIpc) is 2.59. The first-order valence-electron chi connectivity index (χ1n) is 7.35. The van der Waals surface area contributed by atoms with E-state index in [1.165, 1.54) is 13.2 Å². The van der Waals surface area contributed by atoms with Crippen LogP contribution in [-0.2, 0) is 4.79 Å². The number of methoxy groups -OCH3 is 1. The zero-order valence-corrected chi connectivity index (χ0v) is 14.0. The van der Waals surface area contributed by atoms with Gasteiger partial charge in [0.2, 0.25) is 0 Å². The van der Waals surface area contributed by atoms with Crippen molar-refractivity contribution in [3.63, 3.8) is 0 Å². The molecule has 3 rings (SSSR count). The highest BCUT2D eigenvalue weighted by atomic mass is 35.5. The Bertz CT molecular complexity index is 983. The minimum absolute atomic E-state index is 0.202. The maximum atomic E-state index is 12.0. The molecule has 0 spiro atoms. The summed E-state index contributed by atoms with van der Waals surface area (Å²) < 4.78 is 15.6. The quantitative estimate of drug-likeness (QED) is 0.706. The van der Waals surface area contributed by atoms with Crippen molar-refractivity contribution in [1.29, 1.82) is 0 Å². The van der Waals surface area contributed by atoms with Crippen molar-refractivity contribution in [3.8, 4) is 11.5 Å². The summed E-state index contributed by atoms with van der Waals surface area (Å²) in [7, 11) is 1.51. The number of hydrogen-bond acceptors (Lipinski definition) is 5. The van der Waals surface area contributed by atoms with Crippen LogP contribution in [0, 0.1) is 0 Å². The number of nitrogens with one attached hydrogen (secondary N) is 1. The van der Waals surface area contributed by atoms with Crippen molar-refractivity contribution in [3.05, 3.63) is 64.0 Å². The van der Waals surface area contributed by atoms with Gasteiger partial charge in [0, 0.05) is 23.2 Å². The summed E-state index contributed by atoms with van der Waals surface area (Å²) in [6, 6.07) is 12.9. The van der Waals surface area contributed by atoms with Crippen molar-refractivity contribution in [1.82, 2.24) is 0 Å². The van der Waals surface area contributed by atoms with Crippen LogP contribution in [0.3, 0.4) is 0 Å². The highest BCUT2D eigenvalue weighted by Crippen LogP contribution is 2.27. The first-order chi connectivity index (χ1) is 12.0. The number of carbonyl (C=O) groups excluding carboxylic acids is 1. The normalized spacial score (nSPS) is 10.5. The van der Waals surface area contributed by atoms with Gasteiger partial charge in [0.1, 0.15) is 17.1 Å². The molecule has 0 aliphatic rings. The van der Waals surface area contributed by atoms with Gasteiger partial charge < -0.3 is 19.2 Å². The lowest BCUT2D eigenvalue weighted by Crippen LogP contribution is -2.20. The molecule has 0 unspecified atom stereocenters. The summed E-state index contributed by atoms with van der Waals surface area (Å²) in [5.74, 6) is 0.592. The van der Waals surface area contributed by atoms with E-state index in [9.17, 15) is 9.59 Å². The fourth-order valence-electron chi connectivity index (χ4n) is 2.22. The van der Waals surface area contributed by atoms with E-state index in [1.54, 1.807) is 42.5 Å². The van der Waals surface area contributed by atoms with Crippen molar-refractivity contribution in [2.24, 2.45) is 0 Å². The van der Waals surface area contributed by atoms with E-state index in [1.807, 2.05) is 0 Å². The molecule has 1 aromatic heterocycles. The second-order valence-corrected chi connectivity index (χ2v) is 5.55. The zero-order valence-electron chi connectivity index (χ0n) is 13.2. The van der Waals surface area contributed by atoms with Gasteiger partial charge in [-0.25, -0.2) is 4.79 Å². The topological polar surface area (TPSA) is 77.8 Å². The molecule has 7 heteroatoms. The molecule has 0 aliphatic carbocycles. The number of rotatable bonds is 5. The molecule has 0 saturated heterocycles. The van der Waals surface area contributed by atoms with Gasteiger partial charge in [0.25, 0.3) is 5.91 Å². The van der Waals surface area contributed by atoms with Gasteiger partial charge in [-0.15, -0.1) is 0 Å². The Hall–Kier alpha value is -2.99. The molecule has 25 heavy (non-hydrogen) atoms. The number of anilines is 1. The SMILES string of the molecule is COc1ccc(NC(=O)COc2ccc3ccc(=O)oc3c2)cc1Cl. The van der Waals surface area contributed by atoms with Crippen LogP contribution >= 0.6 is 11.6 Å². The molecule has 0 atom stereocenters. The van der Waals surface area contributed by atoms with Gasteiger partial charge in [-0.2, -0.15) is 0 Å². The Kier molecular flexibility index (Phi) is 4.90. The number of halogens is 1. The third kappa shape index (κ3) is 4.10. The van der Waals surface area contributed by atoms with Crippen molar-refractivity contribution >= 4 is 34.2 Å². The molecular weight excluding hydrogens is 346 g/mol. The molecule has 1 heterocycles. The highest BCUT2D eigenvalue weighted by Gasteiger charge is 2.07. The van der Waals surface area contributed by atoms with Crippen LogP contribution in [0.15, 0.2) is 57.7 Å². The van der Waals surface area contributed by atoms with Gasteiger partial charge in [0.05, 0.1) is 12.1 Å². The van der Waals surface area contributed by atoms with Crippen LogP contribution in [0.5, 0.6) is 11.5 Å². The lowest BCUT2D eigenvalue weighted by Gasteiger charge is -2.09. The summed E-state index contributed by atoms with van der Waals surface area (Å²) >= 11 is 6.01.